The molecule has 0 saturated carbocycles. The van der Waals surface area contributed by atoms with Crippen molar-refractivity contribution in [1.29, 1.82) is 0 Å². The molecule has 2 aromatic carbocycles. The lowest BCUT2D eigenvalue weighted by Gasteiger charge is -2.12. The normalized spacial score (nSPS) is 11.7. The Morgan fingerprint density at radius 1 is 0.321 bits per heavy atom. The molecule has 0 amide bonds. The maximum Gasteiger partial charge on any atom is 0.161 e. The predicted molar refractivity (Wildman–Crippen MR) is 324 cm³/mol. The minimum absolute atomic E-state index is 0.391. The van der Waals surface area contributed by atoms with Gasteiger partial charge in [0.1, 0.15) is 13.2 Å². The third-order valence-corrected chi connectivity index (χ3v) is 18.7. The van der Waals surface area contributed by atoms with Crippen molar-refractivity contribution in [3.8, 4) is 71.8 Å². The summed E-state index contributed by atoms with van der Waals surface area (Å²) in [6.45, 7) is 7.97. The van der Waals surface area contributed by atoms with Gasteiger partial charge in [0.2, 0.25) is 0 Å². The van der Waals surface area contributed by atoms with Crippen LogP contribution in [0.25, 0.3) is 73.1 Å². The SMILES string of the molecule is COCCOCCOCCOCCOc1ccc(/C=C/c2cc(-c3cccs3)sc2-c2ccc(-c3ccc(-c4sc(-c5cccs5)cc4/C=C/c4ccc(OCCOCCOCCOCCOC)c(OC)c4)s3)s2)cc1OC. The van der Waals surface area contributed by atoms with Crippen LogP contribution in [0.2, 0.25) is 0 Å². The van der Waals surface area contributed by atoms with Crippen LogP contribution in [-0.4, -0.2) is 134 Å². The molecule has 78 heavy (non-hydrogen) atoms. The first kappa shape index (κ1) is 59.1. The second-order valence-electron chi connectivity index (χ2n) is 16.9. The fraction of sp³-hybridized carbons (Fsp3) is 0.333. The highest BCUT2D eigenvalue weighted by Crippen LogP contribution is 2.48. The van der Waals surface area contributed by atoms with Gasteiger partial charge in [-0.15, -0.1) is 68.0 Å². The van der Waals surface area contributed by atoms with Crippen LogP contribution >= 0.6 is 68.0 Å². The first-order chi connectivity index (χ1) is 38.5. The van der Waals surface area contributed by atoms with E-state index in [1.807, 2.05) is 81.7 Å². The van der Waals surface area contributed by atoms with Gasteiger partial charge < -0.3 is 56.8 Å². The second-order valence-corrected chi connectivity index (χ2v) is 23.1. The minimum Gasteiger partial charge on any atom is -0.493 e. The van der Waals surface area contributed by atoms with E-state index < -0.39 is 0 Å². The highest BCUT2D eigenvalue weighted by Gasteiger charge is 2.18. The predicted octanol–water partition coefficient (Wildman–Crippen LogP) is 14.9. The fourth-order valence-corrected chi connectivity index (χ4v) is 14.0. The van der Waals surface area contributed by atoms with E-state index in [9.17, 15) is 0 Å². The van der Waals surface area contributed by atoms with Gasteiger partial charge in [-0.1, -0.05) is 48.6 Å². The molecule has 0 saturated heterocycles. The molecule has 0 aliphatic rings. The molecule has 414 valence electrons. The van der Waals surface area contributed by atoms with Gasteiger partial charge in [-0.25, -0.2) is 0 Å². The maximum atomic E-state index is 6.04. The van der Waals surface area contributed by atoms with E-state index in [4.69, 9.17) is 56.8 Å². The Bertz CT molecular complexity index is 2820. The van der Waals surface area contributed by atoms with Gasteiger partial charge in [0.15, 0.2) is 23.0 Å². The molecule has 18 heteroatoms. The summed E-state index contributed by atoms with van der Waals surface area (Å²) in [6, 6.07) is 34.3. The molecule has 6 heterocycles. The van der Waals surface area contributed by atoms with Gasteiger partial charge in [-0.2, -0.15) is 0 Å². The van der Waals surface area contributed by atoms with Crippen LogP contribution in [0.5, 0.6) is 23.0 Å². The maximum absolute atomic E-state index is 6.04. The van der Waals surface area contributed by atoms with Crippen LogP contribution in [0.3, 0.4) is 0 Å². The molecule has 0 N–H and O–H groups in total. The van der Waals surface area contributed by atoms with E-state index in [1.54, 1.807) is 51.1 Å². The van der Waals surface area contributed by atoms with E-state index in [1.165, 1.54) is 48.8 Å². The zero-order valence-corrected chi connectivity index (χ0v) is 49.3. The van der Waals surface area contributed by atoms with Crippen LogP contribution < -0.4 is 18.9 Å². The highest BCUT2D eigenvalue weighted by molar-refractivity contribution is 7.30. The molecule has 0 atom stereocenters. The second kappa shape index (κ2) is 32.9. The van der Waals surface area contributed by atoms with Gasteiger partial charge in [0.25, 0.3) is 0 Å². The monoisotopic (exact) mass is 1170 g/mol. The van der Waals surface area contributed by atoms with Crippen LogP contribution in [-0.2, 0) is 37.9 Å². The van der Waals surface area contributed by atoms with Crippen molar-refractivity contribution in [2.45, 2.75) is 0 Å². The Labute approximate surface area is 481 Å². The number of benzene rings is 2. The van der Waals surface area contributed by atoms with Gasteiger partial charge >= 0.3 is 0 Å². The Kier molecular flexibility index (Phi) is 25.0. The van der Waals surface area contributed by atoms with Gasteiger partial charge in [0, 0.05) is 53.2 Å². The summed E-state index contributed by atoms with van der Waals surface area (Å²) in [5.41, 5.74) is 4.34. The number of ether oxygens (including phenoxy) is 12. The summed E-state index contributed by atoms with van der Waals surface area (Å²) in [7, 11) is 6.63. The molecule has 8 aromatic rings. The Hall–Kier alpha value is -5.00. The number of rotatable bonds is 37. The summed E-state index contributed by atoms with van der Waals surface area (Å²) in [5.74, 6) is 2.66. The van der Waals surface area contributed by atoms with E-state index >= 15 is 0 Å². The van der Waals surface area contributed by atoms with Gasteiger partial charge in [-0.3, -0.25) is 0 Å². The zero-order valence-electron chi connectivity index (χ0n) is 44.4. The summed E-state index contributed by atoms with van der Waals surface area (Å²) in [4.78, 5) is 12.4. The first-order valence-electron chi connectivity index (χ1n) is 25.5. The third kappa shape index (κ3) is 18.0. The lowest BCUT2D eigenvalue weighted by Crippen LogP contribution is -2.13. The number of hydrogen-bond acceptors (Lipinski definition) is 18. The smallest absolute Gasteiger partial charge is 0.161 e. The molecule has 0 spiro atoms. The van der Waals surface area contributed by atoms with Crippen LogP contribution in [0, 0.1) is 0 Å². The van der Waals surface area contributed by atoms with Gasteiger partial charge in [0.05, 0.1) is 116 Å². The molecule has 0 bridgehead atoms. The molecule has 8 rings (SSSR count). The van der Waals surface area contributed by atoms with Crippen molar-refractivity contribution in [1.82, 2.24) is 0 Å². The van der Waals surface area contributed by atoms with E-state index in [0.717, 1.165) is 22.3 Å². The van der Waals surface area contributed by atoms with Crippen LogP contribution in [0.1, 0.15) is 22.3 Å². The summed E-state index contributed by atoms with van der Waals surface area (Å²) >= 11 is 10.8. The molecule has 6 aromatic heterocycles. The van der Waals surface area contributed by atoms with Crippen molar-refractivity contribution in [2.24, 2.45) is 0 Å². The summed E-state index contributed by atoms with van der Waals surface area (Å²) < 4.78 is 66.9. The molecule has 0 aliphatic heterocycles. The quantitative estimate of drug-likeness (QED) is 0.0346. The standard InChI is InChI=1S/C60H66O12S6/c1-61-21-23-65-25-27-67-29-31-69-33-35-71-47-15-11-43(39-49(47)63-3)9-13-45-41-57(51-7-5-37-73-51)77-59(45)55-19-17-53(75-55)54-18-20-56(76-54)60-46(42-58(78-60)52-8-6-38-74-52)14-10-44-12-16-48(50(40-44)64-4)72-36-34-70-32-30-68-28-26-66-24-22-62-2/h5-20,37-42H,21-36H2,1-4H3/b13-9+,14-10+. The summed E-state index contributed by atoms with van der Waals surface area (Å²) in [5, 5.41) is 4.27. The molecule has 0 radical (unpaired) electrons. The van der Waals surface area contributed by atoms with Crippen LogP contribution in [0.15, 0.2) is 108 Å². The molecular formula is C60H66O12S6. The average Bonchev–Trinajstić information content (AvgIpc) is 4.42. The lowest BCUT2D eigenvalue weighted by atomic mass is 10.1. The number of methoxy groups -OCH3 is 4. The van der Waals surface area contributed by atoms with E-state index in [0.29, 0.717) is 129 Å². The lowest BCUT2D eigenvalue weighted by molar-refractivity contribution is 0.0000844. The van der Waals surface area contributed by atoms with E-state index in [2.05, 4.69) is 95.7 Å². The molecule has 12 nitrogen and oxygen atoms in total. The first-order valence-corrected chi connectivity index (χ1v) is 30.5. The average molecular weight is 1170 g/mol. The van der Waals surface area contributed by atoms with Crippen molar-refractivity contribution in [3.05, 3.63) is 130 Å². The highest BCUT2D eigenvalue weighted by atomic mass is 32.1. The molecular weight excluding hydrogens is 1110 g/mol. The molecule has 0 fully saturated rings. The van der Waals surface area contributed by atoms with Crippen LogP contribution in [0.4, 0.5) is 0 Å². The largest absolute Gasteiger partial charge is 0.493 e. The van der Waals surface area contributed by atoms with Crippen molar-refractivity contribution < 1.29 is 56.8 Å². The van der Waals surface area contributed by atoms with Gasteiger partial charge in [-0.05, 0) is 106 Å². The van der Waals surface area contributed by atoms with Crippen molar-refractivity contribution in [2.75, 3.05) is 134 Å². The third-order valence-electron chi connectivity index (χ3n) is 11.6. The topological polar surface area (TPSA) is 111 Å². The Balaban J connectivity index is 0.903. The zero-order chi connectivity index (χ0) is 54.0. The summed E-state index contributed by atoms with van der Waals surface area (Å²) in [6.07, 6.45) is 8.70. The number of thiophene rings is 6. The molecule has 0 aliphatic carbocycles. The van der Waals surface area contributed by atoms with Crippen molar-refractivity contribution in [3.63, 3.8) is 0 Å². The fourth-order valence-electron chi connectivity index (χ4n) is 7.68. The Morgan fingerprint density at radius 3 is 1.05 bits per heavy atom. The minimum atomic E-state index is 0.391. The number of hydrogen-bond donors (Lipinski definition) is 0. The van der Waals surface area contributed by atoms with Crippen molar-refractivity contribution >= 4 is 92.3 Å². The van der Waals surface area contributed by atoms with E-state index in [-0.39, 0.29) is 0 Å². The molecule has 0 unspecified atom stereocenters. The Morgan fingerprint density at radius 2 is 0.692 bits per heavy atom.